The van der Waals surface area contributed by atoms with E-state index in [1.807, 2.05) is 36.4 Å². The van der Waals surface area contributed by atoms with Gasteiger partial charge in [-0.25, -0.2) is 5.10 Å². The van der Waals surface area contributed by atoms with Crippen molar-refractivity contribution < 1.29 is 4.42 Å². The van der Waals surface area contributed by atoms with Crippen LogP contribution in [0.5, 0.6) is 0 Å². The summed E-state index contributed by atoms with van der Waals surface area (Å²) in [4.78, 5) is 0. The van der Waals surface area contributed by atoms with Crippen molar-refractivity contribution in [3.05, 3.63) is 57.2 Å². The Morgan fingerprint density at radius 3 is 3.00 bits per heavy atom. The zero-order chi connectivity index (χ0) is 16.7. The summed E-state index contributed by atoms with van der Waals surface area (Å²) in [5.74, 6) is 3.67. The Balaban J connectivity index is 1.64. The van der Waals surface area contributed by atoms with Crippen LogP contribution in [-0.2, 0) is 0 Å². The summed E-state index contributed by atoms with van der Waals surface area (Å²) in [5, 5.41) is 11.5. The van der Waals surface area contributed by atoms with E-state index in [4.69, 9.17) is 16.6 Å². The summed E-state index contributed by atoms with van der Waals surface area (Å²) in [6.07, 6.45) is 2.87. The Hall–Kier alpha value is -1.99. The molecule has 0 unspecified atom stereocenters. The van der Waals surface area contributed by atoms with Gasteiger partial charge >= 0.3 is 0 Å². The van der Waals surface area contributed by atoms with E-state index < -0.39 is 0 Å². The van der Waals surface area contributed by atoms with Crippen molar-refractivity contribution in [1.82, 2.24) is 14.9 Å². The van der Waals surface area contributed by atoms with Crippen molar-refractivity contribution in [1.29, 1.82) is 0 Å². The second-order valence-corrected chi connectivity index (χ2v) is 7.28. The summed E-state index contributed by atoms with van der Waals surface area (Å²) in [6, 6.07) is 11.8. The van der Waals surface area contributed by atoms with Gasteiger partial charge in [0.2, 0.25) is 4.77 Å². The molecule has 1 aliphatic carbocycles. The van der Waals surface area contributed by atoms with Crippen LogP contribution < -0.4 is 0 Å². The highest BCUT2D eigenvalue weighted by Gasteiger charge is 2.36. The molecule has 0 radical (unpaired) electrons. The molecule has 1 saturated carbocycles. The smallest absolute Gasteiger partial charge is 0.216 e. The van der Waals surface area contributed by atoms with Crippen molar-refractivity contribution in [3.8, 4) is 11.4 Å². The third-order valence-electron chi connectivity index (χ3n) is 4.16. The minimum absolute atomic E-state index is 0.434. The van der Waals surface area contributed by atoms with Crippen molar-refractivity contribution in [3.63, 3.8) is 0 Å². The Morgan fingerprint density at radius 1 is 1.42 bits per heavy atom. The van der Waals surface area contributed by atoms with Gasteiger partial charge in [-0.3, -0.25) is 0 Å². The maximum atomic E-state index is 5.85. The van der Waals surface area contributed by atoms with Gasteiger partial charge in [0, 0.05) is 16.0 Å². The predicted octanol–water partition coefficient (Wildman–Crippen LogP) is 4.97. The lowest BCUT2D eigenvalue weighted by molar-refractivity contribution is 0.500. The topological polar surface area (TPSA) is 59.1 Å². The van der Waals surface area contributed by atoms with E-state index in [0.29, 0.717) is 28.2 Å². The standard InChI is InChI=1S/C17H15BrN4OS/c1-10-7-14(10)15-6-5-13(23-15)9-19-22-16(20-21-17(22)24)11-3-2-4-12(18)8-11/h2-6,8-10,14H,7H2,1H3,(H,21,24)/b19-9-/t10-,14-/m0/s1. The average Bonchev–Trinajstić information content (AvgIpc) is 2.97. The molecule has 122 valence electrons. The summed E-state index contributed by atoms with van der Waals surface area (Å²) in [6.45, 7) is 2.23. The maximum Gasteiger partial charge on any atom is 0.216 e. The van der Waals surface area contributed by atoms with Gasteiger partial charge in [0.25, 0.3) is 0 Å². The van der Waals surface area contributed by atoms with E-state index in [-0.39, 0.29) is 0 Å². The number of hydrogen-bond donors (Lipinski definition) is 1. The Morgan fingerprint density at radius 2 is 2.25 bits per heavy atom. The lowest BCUT2D eigenvalue weighted by Gasteiger charge is -2.01. The number of nitrogens with one attached hydrogen (secondary N) is 1. The molecule has 0 saturated heterocycles. The van der Waals surface area contributed by atoms with Crippen LogP contribution in [0, 0.1) is 10.7 Å². The lowest BCUT2D eigenvalue weighted by atomic mass is 10.2. The maximum absolute atomic E-state index is 5.85. The number of aromatic nitrogens is 3. The molecule has 1 aliphatic rings. The fourth-order valence-corrected chi connectivity index (χ4v) is 3.26. The number of halogens is 1. The molecule has 1 fully saturated rings. The normalized spacial score (nSPS) is 19.9. The van der Waals surface area contributed by atoms with Gasteiger partial charge in [-0.05, 0) is 48.8 Å². The Labute approximate surface area is 152 Å². The lowest BCUT2D eigenvalue weighted by Crippen LogP contribution is -1.94. The fraction of sp³-hybridized carbons (Fsp3) is 0.235. The first-order valence-electron chi connectivity index (χ1n) is 7.69. The Kier molecular flexibility index (Phi) is 3.97. The molecule has 7 heteroatoms. The first-order valence-corrected chi connectivity index (χ1v) is 8.89. The molecular weight excluding hydrogens is 388 g/mol. The van der Waals surface area contributed by atoms with Crippen LogP contribution in [0.2, 0.25) is 0 Å². The van der Waals surface area contributed by atoms with Gasteiger partial charge < -0.3 is 4.42 Å². The highest BCUT2D eigenvalue weighted by atomic mass is 79.9. The number of rotatable bonds is 4. The summed E-state index contributed by atoms with van der Waals surface area (Å²) in [7, 11) is 0. The number of nitrogens with zero attached hydrogens (tertiary/aromatic N) is 3. The molecule has 0 amide bonds. The first kappa shape index (κ1) is 15.5. The van der Waals surface area contributed by atoms with E-state index in [2.05, 4.69) is 38.2 Å². The van der Waals surface area contributed by atoms with Gasteiger partial charge in [0.15, 0.2) is 5.82 Å². The summed E-state index contributed by atoms with van der Waals surface area (Å²) in [5.41, 5.74) is 0.917. The van der Waals surface area contributed by atoms with Crippen molar-refractivity contribution in [2.24, 2.45) is 11.0 Å². The number of aromatic amines is 1. The largest absolute Gasteiger partial charge is 0.460 e. The van der Waals surface area contributed by atoms with Crippen LogP contribution in [0.4, 0.5) is 0 Å². The minimum Gasteiger partial charge on any atom is -0.460 e. The number of furan rings is 1. The zero-order valence-electron chi connectivity index (χ0n) is 12.9. The minimum atomic E-state index is 0.434. The molecule has 2 atom stereocenters. The van der Waals surface area contributed by atoms with Gasteiger partial charge in [0.1, 0.15) is 11.5 Å². The third kappa shape index (κ3) is 3.01. The van der Waals surface area contributed by atoms with Gasteiger partial charge in [-0.1, -0.05) is 35.0 Å². The molecule has 0 aliphatic heterocycles. The second kappa shape index (κ2) is 6.14. The number of benzene rings is 1. The van der Waals surface area contributed by atoms with Crippen molar-refractivity contribution in [2.75, 3.05) is 0 Å². The van der Waals surface area contributed by atoms with Crippen LogP contribution in [-0.4, -0.2) is 21.1 Å². The summed E-state index contributed by atoms with van der Waals surface area (Å²) >= 11 is 8.75. The third-order valence-corrected chi connectivity index (χ3v) is 4.91. The Bertz CT molecular complexity index is 971. The quantitative estimate of drug-likeness (QED) is 0.494. The van der Waals surface area contributed by atoms with Crippen molar-refractivity contribution >= 4 is 34.4 Å². The highest BCUT2D eigenvalue weighted by Crippen LogP contribution is 2.47. The SMILES string of the molecule is C[C@H]1C[C@@H]1c1ccc(/C=N\n2c(-c3cccc(Br)c3)n[nH]c2=S)o1. The highest BCUT2D eigenvalue weighted by molar-refractivity contribution is 9.10. The monoisotopic (exact) mass is 402 g/mol. The summed E-state index contributed by atoms with van der Waals surface area (Å²) < 4.78 is 8.85. The van der Waals surface area contributed by atoms with E-state index in [1.54, 1.807) is 10.9 Å². The number of H-pyrrole nitrogens is 1. The van der Waals surface area contributed by atoms with Crippen LogP contribution in [0.3, 0.4) is 0 Å². The van der Waals surface area contributed by atoms with E-state index in [9.17, 15) is 0 Å². The van der Waals surface area contributed by atoms with Crippen LogP contribution >= 0.6 is 28.1 Å². The number of hydrogen-bond acceptors (Lipinski definition) is 4. The van der Waals surface area contributed by atoms with Gasteiger partial charge in [0.05, 0.1) is 6.21 Å². The van der Waals surface area contributed by atoms with E-state index in [0.717, 1.165) is 15.8 Å². The molecule has 3 aromatic rings. The molecule has 24 heavy (non-hydrogen) atoms. The molecule has 0 spiro atoms. The van der Waals surface area contributed by atoms with Crippen LogP contribution in [0.15, 0.2) is 50.4 Å². The molecule has 1 aromatic carbocycles. The van der Waals surface area contributed by atoms with E-state index >= 15 is 0 Å². The van der Waals surface area contributed by atoms with Crippen molar-refractivity contribution in [2.45, 2.75) is 19.3 Å². The molecule has 2 aromatic heterocycles. The molecule has 5 nitrogen and oxygen atoms in total. The predicted molar refractivity (Wildman–Crippen MR) is 98.8 cm³/mol. The van der Waals surface area contributed by atoms with E-state index in [1.165, 1.54) is 6.42 Å². The van der Waals surface area contributed by atoms with Crippen LogP contribution in [0.25, 0.3) is 11.4 Å². The average molecular weight is 403 g/mol. The zero-order valence-corrected chi connectivity index (χ0v) is 15.3. The van der Waals surface area contributed by atoms with Gasteiger partial charge in [-0.15, -0.1) is 0 Å². The fourth-order valence-electron chi connectivity index (χ4n) is 2.68. The molecule has 2 heterocycles. The molecule has 1 N–H and O–H groups in total. The van der Waals surface area contributed by atoms with Gasteiger partial charge in [-0.2, -0.15) is 14.9 Å². The molecule has 0 bridgehead atoms. The second-order valence-electron chi connectivity index (χ2n) is 5.98. The molecule has 4 rings (SSSR count). The first-order chi connectivity index (χ1) is 11.6. The molecular formula is C17H15BrN4OS. The van der Waals surface area contributed by atoms with Crippen LogP contribution in [0.1, 0.15) is 30.8 Å².